The second-order valence-electron chi connectivity index (χ2n) is 5.67. The summed E-state index contributed by atoms with van der Waals surface area (Å²) in [5.74, 6) is -0.0682. The normalized spacial score (nSPS) is 19.0. The number of rotatable bonds is 6. The first-order chi connectivity index (χ1) is 10.1. The predicted octanol–water partition coefficient (Wildman–Crippen LogP) is 1.12. The Morgan fingerprint density at radius 2 is 2.00 bits per heavy atom. The number of nitrogens with one attached hydrogen (secondary N) is 1. The molecule has 1 amide bonds. The van der Waals surface area contributed by atoms with Crippen LogP contribution in [0.5, 0.6) is 0 Å². The monoisotopic (exact) mass is 292 g/mol. The first-order valence-electron chi connectivity index (χ1n) is 7.46. The van der Waals surface area contributed by atoms with Gasteiger partial charge in [0.25, 0.3) is 0 Å². The van der Waals surface area contributed by atoms with Crippen molar-refractivity contribution in [2.24, 2.45) is 5.73 Å². The van der Waals surface area contributed by atoms with Crippen LogP contribution in [0.25, 0.3) is 0 Å². The largest absolute Gasteiger partial charge is 0.388 e. The molecule has 1 aromatic carbocycles. The van der Waals surface area contributed by atoms with Gasteiger partial charge in [-0.2, -0.15) is 0 Å². The molecule has 0 aliphatic carbocycles. The average Bonchev–Trinajstić information content (AvgIpc) is 2.52. The molecule has 4 N–H and O–H groups in total. The van der Waals surface area contributed by atoms with E-state index < -0.39 is 5.60 Å². The molecule has 1 saturated heterocycles. The molecule has 0 spiro atoms. The second kappa shape index (κ2) is 7.54. The molecule has 0 bridgehead atoms. The average molecular weight is 292 g/mol. The summed E-state index contributed by atoms with van der Waals surface area (Å²) in [5, 5.41) is 13.1. The van der Waals surface area contributed by atoms with Crippen LogP contribution in [-0.2, 0) is 9.53 Å². The van der Waals surface area contributed by atoms with Crippen molar-refractivity contribution in [2.45, 2.75) is 37.3 Å². The summed E-state index contributed by atoms with van der Waals surface area (Å²) in [6, 6.07) is 9.62. The molecule has 2 rings (SSSR count). The van der Waals surface area contributed by atoms with Gasteiger partial charge in [0.2, 0.25) is 5.91 Å². The summed E-state index contributed by atoms with van der Waals surface area (Å²) in [4.78, 5) is 11.9. The number of ether oxygens (including phenoxy) is 1. The molecule has 5 nitrogen and oxygen atoms in total. The second-order valence-corrected chi connectivity index (χ2v) is 5.67. The van der Waals surface area contributed by atoms with Crippen molar-refractivity contribution in [1.82, 2.24) is 5.32 Å². The Morgan fingerprint density at radius 1 is 1.33 bits per heavy atom. The van der Waals surface area contributed by atoms with Crippen LogP contribution in [0.4, 0.5) is 0 Å². The fourth-order valence-electron chi connectivity index (χ4n) is 2.43. The highest BCUT2D eigenvalue weighted by Crippen LogP contribution is 2.19. The van der Waals surface area contributed by atoms with E-state index >= 15 is 0 Å². The van der Waals surface area contributed by atoms with E-state index in [1.165, 1.54) is 0 Å². The lowest BCUT2D eigenvalue weighted by molar-refractivity contribution is -0.124. The minimum atomic E-state index is -0.824. The van der Waals surface area contributed by atoms with Crippen LogP contribution >= 0.6 is 0 Å². The number of hydrogen-bond acceptors (Lipinski definition) is 4. The Hall–Kier alpha value is -1.43. The molecule has 1 aliphatic rings. The van der Waals surface area contributed by atoms with Gasteiger partial charge in [-0.25, -0.2) is 0 Å². The van der Waals surface area contributed by atoms with Crippen LogP contribution in [0.1, 0.15) is 37.3 Å². The van der Waals surface area contributed by atoms with Crippen LogP contribution < -0.4 is 11.1 Å². The van der Waals surface area contributed by atoms with Gasteiger partial charge in [0.05, 0.1) is 5.60 Å². The van der Waals surface area contributed by atoms with Crippen molar-refractivity contribution >= 4 is 5.91 Å². The molecular formula is C16H24N2O3. The summed E-state index contributed by atoms with van der Waals surface area (Å²) >= 11 is 0. The Kier molecular flexibility index (Phi) is 5.73. The highest BCUT2D eigenvalue weighted by Gasteiger charge is 2.30. The van der Waals surface area contributed by atoms with E-state index in [0.717, 1.165) is 5.56 Å². The number of hydrogen-bond donors (Lipinski definition) is 3. The van der Waals surface area contributed by atoms with Crippen LogP contribution in [-0.4, -0.2) is 36.4 Å². The number of aliphatic hydroxyl groups is 1. The van der Waals surface area contributed by atoms with E-state index in [2.05, 4.69) is 5.32 Å². The summed E-state index contributed by atoms with van der Waals surface area (Å²) in [6.45, 7) is 1.38. The third kappa shape index (κ3) is 5.12. The lowest BCUT2D eigenvalue weighted by Gasteiger charge is -2.32. The maximum absolute atomic E-state index is 11.9. The summed E-state index contributed by atoms with van der Waals surface area (Å²) < 4.78 is 5.21. The predicted molar refractivity (Wildman–Crippen MR) is 80.6 cm³/mol. The Bertz CT molecular complexity index is 444. The lowest BCUT2D eigenvalue weighted by atomic mass is 9.94. The van der Waals surface area contributed by atoms with Crippen molar-refractivity contribution in [1.29, 1.82) is 0 Å². The van der Waals surface area contributed by atoms with Crippen molar-refractivity contribution in [2.75, 3.05) is 19.8 Å². The smallest absolute Gasteiger partial charge is 0.220 e. The molecule has 21 heavy (non-hydrogen) atoms. The van der Waals surface area contributed by atoms with Gasteiger partial charge in [0.15, 0.2) is 0 Å². The van der Waals surface area contributed by atoms with E-state index in [9.17, 15) is 9.90 Å². The van der Waals surface area contributed by atoms with Gasteiger partial charge in [-0.1, -0.05) is 30.3 Å². The molecule has 1 unspecified atom stereocenters. The van der Waals surface area contributed by atoms with Gasteiger partial charge in [0.1, 0.15) is 0 Å². The van der Waals surface area contributed by atoms with Gasteiger partial charge in [0, 0.05) is 45.1 Å². The summed E-state index contributed by atoms with van der Waals surface area (Å²) in [6.07, 6.45) is 2.09. The molecule has 1 aliphatic heterocycles. The molecule has 1 heterocycles. The number of amides is 1. The zero-order chi connectivity index (χ0) is 15.1. The van der Waals surface area contributed by atoms with Crippen molar-refractivity contribution in [3.8, 4) is 0 Å². The fraction of sp³-hybridized carbons (Fsp3) is 0.562. The standard InChI is InChI=1S/C16H24N2O3/c17-14(13-4-2-1-3-5-13)6-7-15(19)18-12-16(20)8-10-21-11-9-16/h1-5,14,20H,6-12,17H2,(H,18,19). The van der Waals surface area contributed by atoms with E-state index in [4.69, 9.17) is 10.5 Å². The van der Waals surface area contributed by atoms with Crippen molar-refractivity contribution < 1.29 is 14.6 Å². The first kappa shape index (κ1) is 15.9. The molecule has 0 saturated carbocycles. The van der Waals surface area contributed by atoms with Crippen molar-refractivity contribution in [3.05, 3.63) is 35.9 Å². The molecule has 0 radical (unpaired) electrons. The third-order valence-electron chi connectivity index (χ3n) is 3.95. The quantitative estimate of drug-likeness (QED) is 0.733. The Morgan fingerprint density at radius 3 is 2.67 bits per heavy atom. The van der Waals surface area contributed by atoms with E-state index in [-0.39, 0.29) is 18.5 Å². The molecule has 1 fully saturated rings. The number of carbonyl (C=O) groups excluding carboxylic acids is 1. The summed E-state index contributed by atoms with van der Waals surface area (Å²) in [7, 11) is 0. The SMILES string of the molecule is NC(CCC(=O)NCC1(O)CCOCC1)c1ccccc1. The van der Waals surface area contributed by atoms with Gasteiger partial charge in [-0.15, -0.1) is 0 Å². The van der Waals surface area contributed by atoms with Crippen LogP contribution in [0.3, 0.4) is 0 Å². The van der Waals surface area contributed by atoms with Crippen LogP contribution in [0.15, 0.2) is 30.3 Å². The van der Waals surface area contributed by atoms with E-state index in [1.807, 2.05) is 30.3 Å². The molecular weight excluding hydrogens is 268 g/mol. The maximum Gasteiger partial charge on any atom is 0.220 e. The Balaban J connectivity index is 1.70. The van der Waals surface area contributed by atoms with Crippen molar-refractivity contribution in [3.63, 3.8) is 0 Å². The number of benzene rings is 1. The van der Waals surface area contributed by atoms with Gasteiger partial charge in [-0.05, 0) is 12.0 Å². The lowest BCUT2D eigenvalue weighted by Crippen LogP contribution is -2.46. The third-order valence-corrected chi connectivity index (χ3v) is 3.95. The molecule has 1 aromatic rings. The highest BCUT2D eigenvalue weighted by molar-refractivity contribution is 5.76. The fourth-order valence-corrected chi connectivity index (χ4v) is 2.43. The zero-order valence-electron chi connectivity index (χ0n) is 12.3. The van der Waals surface area contributed by atoms with Gasteiger partial charge < -0.3 is 20.9 Å². The van der Waals surface area contributed by atoms with Gasteiger partial charge in [-0.3, -0.25) is 4.79 Å². The molecule has 1 atom stereocenters. The molecule has 0 aromatic heterocycles. The van der Waals surface area contributed by atoms with Crippen LogP contribution in [0, 0.1) is 0 Å². The van der Waals surface area contributed by atoms with Gasteiger partial charge >= 0.3 is 0 Å². The Labute approximate surface area is 125 Å². The highest BCUT2D eigenvalue weighted by atomic mass is 16.5. The molecule has 5 heteroatoms. The minimum Gasteiger partial charge on any atom is -0.388 e. The minimum absolute atomic E-state index is 0.0682. The number of carbonyl (C=O) groups is 1. The topological polar surface area (TPSA) is 84.6 Å². The molecule has 116 valence electrons. The summed E-state index contributed by atoms with van der Waals surface area (Å²) in [5.41, 5.74) is 6.27. The zero-order valence-corrected chi connectivity index (χ0v) is 12.3. The first-order valence-corrected chi connectivity index (χ1v) is 7.46. The van der Waals surface area contributed by atoms with Crippen LogP contribution in [0.2, 0.25) is 0 Å². The van der Waals surface area contributed by atoms with E-state index in [0.29, 0.717) is 38.9 Å². The maximum atomic E-state index is 11.9. The van der Waals surface area contributed by atoms with E-state index in [1.54, 1.807) is 0 Å². The number of nitrogens with two attached hydrogens (primary N) is 1.